The summed E-state index contributed by atoms with van der Waals surface area (Å²) < 4.78 is 0. The van der Waals surface area contributed by atoms with Crippen molar-refractivity contribution in [3.8, 4) is 0 Å². The van der Waals surface area contributed by atoms with E-state index in [1.807, 2.05) is 0 Å². The molecule has 0 radical (unpaired) electrons. The van der Waals surface area contributed by atoms with Gasteiger partial charge < -0.3 is 19.2 Å². The molecule has 0 fully saturated rings. The van der Waals surface area contributed by atoms with E-state index >= 15 is 0 Å². The van der Waals surface area contributed by atoms with Gasteiger partial charge in [-0.05, 0) is 0 Å². The van der Waals surface area contributed by atoms with Gasteiger partial charge in [0.15, 0.2) is 0 Å². The van der Waals surface area contributed by atoms with Gasteiger partial charge in [0.25, 0.3) is 0 Å². The second-order valence-corrected chi connectivity index (χ2v) is 1.80. The molecule has 6 heteroatoms. The van der Waals surface area contributed by atoms with Crippen LogP contribution in [-0.2, 0) is 0 Å². The zero-order valence-corrected chi connectivity index (χ0v) is 5.91. The van der Waals surface area contributed by atoms with E-state index in [0.29, 0.717) is 0 Å². The van der Waals surface area contributed by atoms with E-state index in [2.05, 4.69) is 0 Å². The Labute approximate surface area is 67.6 Å². The third kappa shape index (κ3) is 54.1. The SMILES string of the molecule is O[Si](O)(O)O.[Gd]. The van der Waals surface area contributed by atoms with Crippen LogP contribution in [0.4, 0.5) is 0 Å². The van der Waals surface area contributed by atoms with E-state index in [1.54, 1.807) is 0 Å². The van der Waals surface area contributed by atoms with Crippen molar-refractivity contribution in [3.05, 3.63) is 0 Å². The van der Waals surface area contributed by atoms with Gasteiger partial charge in [-0.1, -0.05) is 0 Å². The van der Waals surface area contributed by atoms with E-state index in [9.17, 15) is 0 Å². The van der Waals surface area contributed by atoms with Crippen molar-refractivity contribution in [2.75, 3.05) is 0 Å². The smallest absolute Gasteiger partial charge is 0.368 e. The normalized spacial score (nSPS) is 10.0. The van der Waals surface area contributed by atoms with Gasteiger partial charge in [0.05, 0.1) is 0 Å². The summed E-state index contributed by atoms with van der Waals surface area (Å²) in [7, 11) is -4.61. The topological polar surface area (TPSA) is 80.9 Å². The molecule has 0 saturated carbocycles. The molecule has 0 atom stereocenters. The maximum absolute atomic E-state index is 7.33. The molecule has 0 bridgehead atoms. The molecular weight excluding hydrogens is 249 g/mol. The summed E-state index contributed by atoms with van der Waals surface area (Å²) in [5.41, 5.74) is 0. The van der Waals surface area contributed by atoms with Crippen LogP contribution in [0.5, 0.6) is 0 Å². The second kappa shape index (κ2) is 3.39. The fourth-order valence-corrected chi connectivity index (χ4v) is 0. The van der Waals surface area contributed by atoms with Crippen molar-refractivity contribution in [3.63, 3.8) is 0 Å². The first-order valence-electron chi connectivity index (χ1n) is 0.894. The predicted octanol–water partition coefficient (Wildman–Crippen LogP) is -2.61. The van der Waals surface area contributed by atoms with Crippen LogP contribution in [0.2, 0.25) is 0 Å². The molecule has 0 aliphatic heterocycles. The van der Waals surface area contributed by atoms with Crippen LogP contribution in [-0.4, -0.2) is 28.2 Å². The molecule has 0 heterocycles. The number of hydrogen-bond donors (Lipinski definition) is 4. The summed E-state index contributed by atoms with van der Waals surface area (Å²) in [6.07, 6.45) is 0. The van der Waals surface area contributed by atoms with Crippen molar-refractivity contribution in [2.24, 2.45) is 0 Å². The maximum atomic E-state index is 7.33. The largest absolute Gasteiger partial charge is 0.668 e. The standard InChI is InChI=1S/Gd.H4O4Si/c;1-5(2,3)4/h;1-4H. The van der Waals surface area contributed by atoms with Crippen LogP contribution < -0.4 is 0 Å². The van der Waals surface area contributed by atoms with Crippen LogP contribution in [0.15, 0.2) is 0 Å². The fraction of sp³-hybridized carbons (Fsp3) is 0. The maximum Gasteiger partial charge on any atom is 0.668 e. The minimum atomic E-state index is -4.61. The Kier molecular flexibility index (Phi) is 5.87. The molecule has 0 rings (SSSR count). The first kappa shape index (κ1) is 10.4. The summed E-state index contributed by atoms with van der Waals surface area (Å²) in [5.74, 6) is 0. The summed E-state index contributed by atoms with van der Waals surface area (Å²) in [6, 6.07) is 0. The predicted molar refractivity (Wildman–Crippen MR) is 14.6 cm³/mol. The van der Waals surface area contributed by atoms with Crippen LogP contribution in [0, 0.1) is 39.9 Å². The molecule has 4 N–H and O–H groups in total. The van der Waals surface area contributed by atoms with Crippen molar-refractivity contribution >= 4 is 9.05 Å². The quantitative estimate of drug-likeness (QED) is 0.357. The fourth-order valence-electron chi connectivity index (χ4n) is 0. The molecule has 4 nitrogen and oxygen atoms in total. The van der Waals surface area contributed by atoms with Crippen LogP contribution in [0.1, 0.15) is 0 Å². The molecule has 0 aromatic heterocycles. The van der Waals surface area contributed by atoms with Crippen molar-refractivity contribution < 1.29 is 59.1 Å². The van der Waals surface area contributed by atoms with E-state index in [4.69, 9.17) is 19.2 Å². The van der Waals surface area contributed by atoms with Gasteiger partial charge in [-0.25, -0.2) is 0 Å². The third-order valence-corrected chi connectivity index (χ3v) is 0. The minimum absolute atomic E-state index is 0. The average molecular weight is 253 g/mol. The average Bonchev–Trinajstić information content (AvgIpc) is 0.722. The molecule has 0 amide bonds. The van der Waals surface area contributed by atoms with Crippen molar-refractivity contribution in [2.45, 2.75) is 0 Å². The Morgan fingerprint density at radius 3 is 0.833 bits per heavy atom. The molecule has 0 saturated heterocycles. The Hall–Kier alpha value is 1.38. The Balaban J connectivity index is 0. The zero-order valence-electron chi connectivity index (χ0n) is 2.64. The summed E-state index contributed by atoms with van der Waals surface area (Å²) >= 11 is 0. The first-order chi connectivity index (χ1) is 2.00. The number of rotatable bonds is 0. The number of hydrogen-bond acceptors (Lipinski definition) is 4. The van der Waals surface area contributed by atoms with Gasteiger partial charge in [-0.2, -0.15) is 0 Å². The molecule has 0 spiro atoms. The van der Waals surface area contributed by atoms with E-state index < -0.39 is 9.05 Å². The molecular formula is H4GdO4Si. The molecule has 0 aromatic rings. The summed E-state index contributed by atoms with van der Waals surface area (Å²) in [5, 5.41) is 0. The van der Waals surface area contributed by atoms with Crippen molar-refractivity contribution in [1.82, 2.24) is 0 Å². The van der Waals surface area contributed by atoms with Gasteiger partial charge in [-0.15, -0.1) is 0 Å². The molecule has 40 valence electrons. The van der Waals surface area contributed by atoms with Gasteiger partial charge in [0, 0.05) is 39.9 Å². The van der Waals surface area contributed by atoms with Crippen LogP contribution >= 0.6 is 0 Å². The molecule has 0 aliphatic carbocycles. The van der Waals surface area contributed by atoms with Crippen molar-refractivity contribution in [1.29, 1.82) is 0 Å². The zero-order chi connectivity index (χ0) is 4.50. The van der Waals surface area contributed by atoms with E-state index in [-0.39, 0.29) is 39.9 Å². The van der Waals surface area contributed by atoms with Gasteiger partial charge in [0.2, 0.25) is 0 Å². The van der Waals surface area contributed by atoms with E-state index in [0.717, 1.165) is 0 Å². The molecule has 0 aliphatic rings. The second-order valence-electron chi connectivity index (χ2n) is 0.600. The Bertz CT molecular complexity index is 23.0. The van der Waals surface area contributed by atoms with Crippen LogP contribution in [0.25, 0.3) is 0 Å². The summed E-state index contributed by atoms with van der Waals surface area (Å²) in [4.78, 5) is 29.3. The Morgan fingerprint density at radius 1 is 0.833 bits per heavy atom. The third-order valence-electron chi connectivity index (χ3n) is 0. The Morgan fingerprint density at radius 2 is 0.833 bits per heavy atom. The molecule has 0 unspecified atom stereocenters. The first-order valence-corrected chi connectivity index (χ1v) is 2.68. The van der Waals surface area contributed by atoms with Gasteiger partial charge in [-0.3, -0.25) is 0 Å². The monoisotopic (exact) mass is 254 g/mol. The van der Waals surface area contributed by atoms with E-state index in [1.165, 1.54) is 0 Å². The van der Waals surface area contributed by atoms with Crippen LogP contribution in [0.3, 0.4) is 0 Å². The van der Waals surface area contributed by atoms with Gasteiger partial charge in [0.1, 0.15) is 0 Å². The molecule has 6 heavy (non-hydrogen) atoms. The minimum Gasteiger partial charge on any atom is -0.368 e. The van der Waals surface area contributed by atoms with Gasteiger partial charge >= 0.3 is 9.05 Å². The molecule has 0 aromatic carbocycles. The summed E-state index contributed by atoms with van der Waals surface area (Å²) in [6.45, 7) is 0.